The summed E-state index contributed by atoms with van der Waals surface area (Å²) in [5.41, 5.74) is 0. The summed E-state index contributed by atoms with van der Waals surface area (Å²) in [6.07, 6.45) is 1.57. The average molecular weight is 217 g/mol. The van der Waals surface area contributed by atoms with Crippen molar-refractivity contribution in [2.45, 2.75) is 13.0 Å². The number of furan rings is 1. The van der Waals surface area contributed by atoms with Crippen LogP contribution in [0.25, 0.3) is 0 Å². The van der Waals surface area contributed by atoms with Crippen LogP contribution < -0.4 is 10.6 Å². The average Bonchev–Trinajstić information content (AvgIpc) is 2.67. The summed E-state index contributed by atoms with van der Waals surface area (Å²) in [5.74, 6) is 1.13. The minimum absolute atomic E-state index is 0.139. The molecule has 0 aliphatic rings. The van der Waals surface area contributed by atoms with Crippen LogP contribution in [0.1, 0.15) is 18.7 Å². The molecule has 5 heteroatoms. The van der Waals surface area contributed by atoms with Crippen LogP contribution in [0.4, 0.5) is 4.79 Å². The van der Waals surface area contributed by atoms with Gasteiger partial charge in [-0.2, -0.15) is 0 Å². The lowest BCUT2D eigenvalue weighted by Gasteiger charge is -2.11. The van der Waals surface area contributed by atoms with E-state index in [9.17, 15) is 4.79 Å². The lowest BCUT2D eigenvalue weighted by atomic mass is 10.2. The third-order valence-corrected chi connectivity index (χ3v) is 1.89. The minimum atomic E-state index is -0.241. The van der Waals surface area contributed by atoms with Crippen LogP contribution in [-0.2, 0) is 0 Å². The molecule has 0 bridgehead atoms. The minimum Gasteiger partial charge on any atom is -0.467 e. The van der Waals surface area contributed by atoms with E-state index in [0.717, 1.165) is 5.76 Å². The first-order valence-electron chi connectivity index (χ1n) is 4.37. The third-order valence-electron chi connectivity index (χ3n) is 1.70. The van der Waals surface area contributed by atoms with Gasteiger partial charge in [0.2, 0.25) is 0 Å². The molecular formula is C9H13ClN2O2. The van der Waals surface area contributed by atoms with Crippen molar-refractivity contribution in [1.29, 1.82) is 0 Å². The van der Waals surface area contributed by atoms with Crippen molar-refractivity contribution in [2.75, 3.05) is 12.4 Å². The molecule has 0 unspecified atom stereocenters. The molecule has 1 heterocycles. The quantitative estimate of drug-likeness (QED) is 0.756. The van der Waals surface area contributed by atoms with E-state index in [1.54, 1.807) is 12.3 Å². The Bertz CT molecular complexity index is 274. The zero-order chi connectivity index (χ0) is 10.4. The Morgan fingerprint density at radius 2 is 2.50 bits per heavy atom. The number of amides is 2. The normalized spacial score (nSPS) is 12.1. The summed E-state index contributed by atoms with van der Waals surface area (Å²) in [6.45, 7) is 2.30. The Morgan fingerprint density at radius 1 is 1.71 bits per heavy atom. The van der Waals surface area contributed by atoms with E-state index >= 15 is 0 Å². The molecule has 0 saturated heterocycles. The molecule has 0 aromatic carbocycles. The van der Waals surface area contributed by atoms with Crippen LogP contribution in [0.2, 0.25) is 0 Å². The second-order valence-electron chi connectivity index (χ2n) is 2.83. The van der Waals surface area contributed by atoms with E-state index in [0.29, 0.717) is 12.4 Å². The van der Waals surface area contributed by atoms with Crippen molar-refractivity contribution < 1.29 is 9.21 Å². The summed E-state index contributed by atoms with van der Waals surface area (Å²) in [7, 11) is 0. The highest BCUT2D eigenvalue weighted by Gasteiger charge is 2.10. The Labute approximate surface area is 87.6 Å². The lowest BCUT2D eigenvalue weighted by Crippen LogP contribution is -2.37. The number of halogens is 1. The highest BCUT2D eigenvalue weighted by atomic mass is 35.5. The zero-order valence-corrected chi connectivity index (χ0v) is 8.67. The molecule has 14 heavy (non-hydrogen) atoms. The number of alkyl halides is 1. The van der Waals surface area contributed by atoms with Gasteiger partial charge in [0, 0.05) is 12.4 Å². The highest BCUT2D eigenvalue weighted by Crippen LogP contribution is 2.11. The number of rotatable bonds is 4. The first-order valence-corrected chi connectivity index (χ1v) is 4.91. The lowest BCUT2D eigenvalue weighted by molar-refractivity contribution is 0.236. The van der Waals surface area contributed by atoms with Gasteiger partial charge in [0.1, 0.15) is 5.76 Å². The van der Waals surface area contributed by atoms with Gasteiger partial charge in [0.15, 0.2) is 0 Å². The fourth-order valence-corrected chi connectivity index (χ4v) is 1.11. The van der Waals surface area contributed by atoms with Crippen LogP contribution in [0.5, 0.6) is 0 Å². The number of urea groups is 1. The highest BCUT2D eigenvalue weighted by molar-refractivity contribution is 6.18. The Hall–Kier alpha value is -1.16. The van der Waals surface area contributed by atoms with E-state index in [1.807, 2.05) is 13.0 Å². The summed E-state index contributed by atoms with van der Waals surface area (Å²) < 4.78 is 5.13. The largest absolute Gasteiger partial charge is 0.467 e. The SMILES string of the molecule is C[C@H](NC(=O)NCCCl)c1ccco1. The Morgan fingerprint density at radius 3 is 3.07 bits per heavy atom. The number of carbonyl (C=O) groups is 1. The maximum Gasteiger partial charge on any atom is 0.315 e. The topological polar surface area (TPSA) is 54.3 Å². The molecular weight excluding hydrogens is 204 g/mol. The monoisotopic (exact) mass is 216 g/mol. The first kappa shape index (κ1) is 10.9. The van der Waals surface area contributed by atoms with Gasteiger partial charge >= 0.3 is 6.03 Å². The van der Waals surface area contributed by atoms with Crippen LogP contribution in [0, 0.1) is 0 Å². The fourth-order valence-electron chi connectivity index (χ4n) is 1.02. The third kappa shape index (κ3) is 3.30. The van der Waals surface area contributed by atoms with Gasteiger partial charge in [-0.25, -0.2) is 4.79 Å². The van der Waals surface area contributed by atoms with Crippen molar-refractivity contribution in [2.24, 2.45) is 0 Å². The van der Waals surface area contributed by atoms with E-state index in [2.05, 4.69) is 10.6 Å². The van der Waals surface area contributed by atoms with Gasteiger partial charge in [0.05, 0.1) is 12.3 Å². The van der Waals surface area contributed by atoms with E-state index in [-0.39, 0.29) is 12.1 Å². The molecule has 0 aliphatic carbocycles. The molecule has 78 valence electrons. The number of hydrogen-bond donors (Lipinski definition) is 2. The molecule has 0 radical (unpaired) electrons. The molecule has 2 N–H and O–H groups in total. The van der Waals surface area contributed by atoms with E-state index in [1.165, 1.54) is 0 Å². The molecule has 1 aromatic rings. The fraction of sp³-hybridized carbons (Fsp3) is 0.444. The smallest absolute Gasteiger partial charge is 0.315 e. The first-order chi connectivity index (χ1) is 6.74. The standard InChI is InChI=1S/C9H13ClN2O2/c1-7(8-3-2-6-14-8)12-9(13)11-5-4-10/h2-3,6-7H,4-5H2,1H3,(H2,11,12,13)/t7-/m0/s1. The summed E-state index contributed by atoms with van der Waals surface area (Å²) in [4.78, 5) is 11.2. The molecule has 4 nitrogen and oxygen atoms in total. The second-order valence-corrected chi connectivity index (χ2v) is 3.20. The molecule has 1 atom stereocenters. The summed E-state index contributed by atoms with van der Waals surface area (Å²) in [5, 5.41) is 5.32. The Balaban J connectivity index is 2.33. The van der Waals surface area contributed by atoms with Gasteiger partial charge < -0.3 is 15.1 Å². The maximum atomic E-state index is 11.2. The number of nitrogens with one attached hydrogen (secondary N) is 2. The second kappa shape index (κ2) is 5.54. The van der Waals surface area contributed by atoms with Gasteiger partial charge in [-0.3, -0.25) is 0 Å². The van der Waals surface area contributed by atoms with E-state index in [4.69, 9.17) is 16.0 Å². The van der Waals surface area contributed by atoms with Crippen molar-refractivity contribution in [3.63, 3.8) is 0 Å². The molecule has 0 aliphatic heterocycles. The molecule has 1 aromatic heterocycles. The molecule has 2 amide bonds. The summed E-state index contributed by atoms with van der Waals surface area (Å²) in [6, 6.07) is 3.21. The Kier molecular flexibility index (Phi) is 4.32. The molecule has 0 fully saturated rings. The van der Waals surface area contributed by atoms with Crippen molar-refractivity contribution in [3.8, 4) is 0 Å². The maximum absolute atomic E-state index is 11.2. The van der Waals surface area contributed by atoms with Gasteiger partial charge in [-0.05, 0) is 19.1 Å². The molecule has 1 rings (SSSR count). The summed E-state index contributed by atoms with van der Waals surface area (Å²) >= 11 is 5.42. The number of hydrogen-bond acceptors (Lipinski definition) is 2. The van der Waals surface area contributed by atoms with Crippen molar-refractivity contribution in [1.82, 2.24) is 10.6 Å². The molecule has 0 spiro atoms. The van der Waals surface area contributed by atoms with Crippen LogP contribution >= 0.6 is 11.6 Å². The van der Waals surface area contributed by atoms with Crippen LogP contribution in [0.3, 0.4) is 0 Å². The van der Waals surface area contributed by atoms with Crippen LogP contribution in [0.15, 0.2) is 22.8 Å². The predicted molar refractivity (Wildman–Crippen MR) is 54.4 cm³/mol. The van der Waals surface area contributed by atoms with Gasteiger partial charge in [-0.15, -0.1) is 11.6 Å². The van der Waals surface area contributed by atoms with Crippen LogP contribution in [-0.4, -0.2) is 18.5 Å². The number of carbonyl (C=O) groups excluding carboxylic acids is 1. The predicted octanol–water partition coefficient (Wildman–Crippen LogP) is 1.88. The van der Waals surface area contributed by atoms with Crippen molar-refractivity contribution in [3.05, 3.63) is 24.2 Å². The van der Waals surface area contributed by atoms with Gasteiger partial charge in [-0.1, -0.05) is 0 Å². The molecule has 0 saturated carbocycles. The van der Waals surface area contributed by atoms with E-state index < -0.39 is 0 Å². The van der Waals surface area contributed by atoms with Crippen molar-refractivity contribution >= 4 is 17.6 Å². The zero-order valence-electron chi connectivity index (χ0n) is 7.92. The van der Waals surface area contributed by atoms with Gasteiger partial charge in [0.25, 0.3) is 0 Å².